The highest BCUT2D eigenvalue weighted by atomic mass is 32.2. The first-order valence-electron chi connectivity index (χ1n) is 9.83. The zero-order valence-electron chi connectivity index (χ0n) is 17.8. The SMILES string of the molecule is COc1ccccc1-c1nnc(-c2ccc(C(=O)NNS(=O)(=O)c3ccc(C)cc3)cc2)o1. The molecule has 33 heavy (non-hydrogen) atoms. The van der Waals surface area contributed by atoms with Crippen molar-refractivity contribution in [1.82, 2.24) is 20.5 Å². The number of rotatable bonds is 7. The normalized spacial score (nSPS) is 11.2. The number of nitrogens with one attached hydrogen (secondary N) is 2. The van der Waals surface area contributed by atoms with Crippen LogP contribution in [0, 0.1) is 6.92 Å². The first-order valence-corrected chi connectivity index (χ1v) is 11.3. The first kappa shape index (κ1) is 22.2. The van der Waals surface area contributed by atoms with E-state index in [1.807, 2.05) is 19.1 Å². The van der Waals surface area contributed by atoms with Crippen LogP contribution in [0.3, 0.4) is 0 Å². The number of sulfonamides is 1. The van der Waals surface area contributed by atoms with Gasteiger partial charge < -0.3 is 9.15 Å². The highest BCUT2D eigenvalue weighted by Crippen LogP contribution is 2.30. The molecule has 0 aliphatic rings. The standard InChI is InChI=1S/C23H20N4O5S/c1-15-7-13-18(14-8-15)33(29,30)27-24-21(28)16-9-11-17(12-10-16)22-25-26-23(32-22)19-5-3-4-6-20(19)31-2/h3-14,27H,1-2H3,(H,24,28). The Morgan fingerprint density at radius 3 is 2.27 bits per heavy atom. The van der Waals surface area contributed by atoms with Crippen LogP contribution in [0.2, 0.25) is 0 Å². The number of ether oxygens (including phenoxy) is 1. The summed E-state index contributed by atoms with van der Waals surface area (Å²) in [5, 5.41) is 8.12. The lowest BCUT2D eigenvalue weighted by molar-refractivity contribution is 0.0945. The average molecular weight is 465 g/mol. The fourth-order valence-corrected chi connectivity index (χ4v) is 3.84. The zero-order chi connectivity index (χ0) is 23.4. The van der Waals surface area contributed by atoms with Crippen molar-refractivity contribution < 1.29 is 22.4 Å². The van der Waals surface area contributed by atoms with Crippen molar-refractivity contribution in [1.29, 1.82) is 0 Å². The summed E-state index contributed by atoms with van der Waals surface area (Å²) in [7, 11) is -2.33. The molecule has 0 unspecified atom stereocenters. The van der Waals surface area contributed by atoms with Gasteiger partial charge in [0.25, 0.3) is 21.8 Å². The van der Waals surface area contributed by atoms with Crippen molar-refractivity contribution in [3.05, 3.63) is 83.9 Å². The molecule has 0 spiro atoms. The Morgan fingerprint density at radius 2 is 1.58 bits per heavy atom. The molecule has 3 aromatic carbocycles. The monoisotopic (exact) mass is 464 g/mol. The molecule has 0 fully saturated rings. The molecule has 0 radical (unpaired) electrons. The maximum Gasteiger partial charge on any atom is 0.266 e. The molecule has 168 valence electrons. The number of hydrogen-bond donors (Lipinski definition) is 2. The highest BCUT2D eigenvalue weighted by molar-refractivity contribution is 7.89. The van der Waals surface area contributed by atoms with E-state index < -0.39 is 15.9 Å². The van der Waals surface area contributed by atoms with Gasteiger partial charge in [-0.25, -0.2) is 8.42 Å². The topological polar surface area (TPSA) is 123 Å². The number of para-hydroxylation sites is 1. The minimum Gasteiger partial charge on any atom is -0.496 e. The number of aryl methyl sites for hydroxylation is 1. The molecule has 1 amide bonds. The van der Waals surface area contributed by atoms with E-state index >= 15 is 0 Å². The lowest BCUT2D eigenvalue weighted by Crippen LogP contribution is -2.41. The fraction of sp³-hybridized carbons (Fsp3) is 0.0870. The summed E-state index contributed by atoms with van der Waals surface area (Å²) < 4.78 is 35.7. The molecular weight excluding hydrogens is 444 g/mol. The van der Waals surface area contributed by atoms with Crippen LogP contribution < -0.4 is 15.0 Å². The van der Waals surface area contributed by atoms with Crippen LogP contribution >= 0.6 is 0 Å². The van der Waals surface area contributed by atoms with Crippen LogP contribution in [0.15, 0.2) is 82.1 Å². The minimum atomic E-state index is -3.89. The summed E-state index contributed by atoms with van der Waals surface area (Å²) in [4.78, 5) is 14.5. The van der Waals surface area contributed by atoms with Crippen LogP contribution in [0.4, 0.5) is 0 Å². The van der Waals surface area contributed by atoms with Gasteiger partial charge >= 0.3 is 0 Å². The lowest BCUT2D eigenvalue weighted by Gasteiger charge is -2.09. The van der Waals surface area contributed by atoms with Crippen LogP contribution in [0.5, 0.6) is 5.75 Å². The molecule has 4 rings (SSSR count). The maximum atomic E-state index is 12.4. The predicted octanol–water partition coefficient (Wildman–Crippen LogP) is 3.34. The van der Waals surface area contributed by atoms with Crippen molar-refractivity contribution in [3.8, 4) is 28.7 Å². The van der Waals surface area contributed by atoms with E-state index in [0.717, 1.165) is 5.56 Å². The number of benzene rings is 3. The van der Waals surface area contributed by atoms with Crippen LogP contribution in [-0.4, -0.2) is 31.6 Å². The molecule has 4 aromatic rings. The summed E-state index contributed by atoms with van der Waals surface area (Å²) >= 11 is 0. The van der Waals surface area contributed by atoms with Crippen molar-refractivity contribution >= 4 is 15.9 Å². The van der Waals surface area contributed by atoms with Gasteiger partial charge in [-0.3, -0.25) is 10.2 Å². The Balaban J connectivity index is 1.45. The van der Waals surface area contributed by atoms with Gasteiger partial charge in [-0.1, -0.05) is 29.8 Å². The third-order valence-corrected chi connectivity index (χ3v) is 6.05. The molecule has 0 bridgehead atoms. The second-order valence-corrected chi connectivity index (χ2v) is 8.75. The van der Waals surface area contributed by atoms with E-state index in [1.165, 1.54) is 24.3 Å². The summed E-state index contributed by atoms with van der Waals surface area (Å²) in [6, 6.07) is 19.8. The second-order valence-electron chi connectivity index (χ2n) is 7.06. The fourth-order valence-electron chi connectivity index (χ4n) is 3.00. The molecule has 2 N–H and O–H groups in total. The largest absolute Gasteiger partial charge is 0.496 e. The summed E-state index contributed by atoms with van der Waals surface area (Å²) in [5.74, 6) is 0.558. The summed E-state index contributed by atoms with van der Waals surface area (Å²) in [6.07, 6.45) is 0. The van der Waals surface area contributed by atoms with Crippen molar-refractivity contribution in [2.45, 2.75) is 11.8 Å². The van der Waals surface area contributed by atoms with Crippen molar-refractivity contribution in [2.75, 3.05) is 7.11 Å². The van der Waals surface area contributed by atoms with E-state index in [4.69, 9.17) is 9.15 Å². The Kier molecular flexibility index (Phi) is 6.20. The third-order valence-electron chi connectivity index (χ3n) is 4.79. The Hall–Kier alpha value is -4.02. The zero-order valence-corrected chi connectivity index (χ0v) is 18.6. The summed E-state index contributed by atoms with van der Waals surface area (Å²) in [6.45, 7) is 1.85. The molecule has 0 atom stereocenters. The molecule has 0 aliphatic carbocycles. The molecule has 0 saturated heterocycles. The van der Waals surface area contributed by atoms with Crippen molar-refractivity contribution in [2.24, 2.45) is 0 Å². The number of amides is 1. The van der Waals surface area contributed by atoms with Gasteiger partial charge in [-0.2, -0.15) is 0 Å². The van der Waals surface area contributed by atoms with E-state index in [2.05, 4.69) is 20.5 Å². The van der Waals surface area contributed by atoms with Gasteiger partial charge in [0.2, 0.25) is 5.89 Å². The van der Waals surface area contributed by atoms with E-state index in [-0.39, 0.29) is 16.3 Å². The van der Waals surface area contributed by atoms with Gasteiger partial charge in [-0.05, 0) is 55.5 Å². The quantitative estimate of drug-likeness (QED) is 0.402. The van der Waals surface area contributed by atoms with Gasteiger partial charge in [0, 0.05) is 11.1 Å². The second kappa shape index (κ2) is 9.23. The number of aromatic nitrogens is 2. The third kappa shape index (κ3) is 4.92. The van der Waals surface area contributed by atoms with Gasteiger partial charge in [0.1, 0.15) is 5.75 Å². The highest BCUT2D eigenvalue weighted by Gasteiger charge is 2.17. The number of nitrogens with zero attached hydrogens (tertiary/aromatic N) is 2. The van der Waals surface area contributed by atoms with Crippen LogP contribution in [0.25, 0.3) is 22.9 Å². The molecule has 1 aromatic heterocycles. The molecule has 0 aliphatic heterocycles. The Labute approximate surface area is 190 Å². The predicted molar refractivity (Wildman–Crippen MR) is 121 cm³/mol. The Morgan fingerprint density at radius 1 is 0.909 bits per heavy atom. The number of methoxy groups -OCH3 is 1. The molecule has 9 nitrogen and oxygen atoms in total. The maximum absolute atomic E-state index is 12.4. The number of hydrazine groups is 1. The molecule has 10 heteroatoms. The first-order chi connectivity index (χ1) is 15.9. The van der Waals surface area contributed by atoms with Crippen LogP contribution in [-0.2, 0) is 10.0 Å². The summed E-state index contributed by atoms with van der Waals surface area (Å²) in [5.41, 5.74) is 4.64. The Bertz CT molecular complexity index is 1380. The van der Waals surface area contributed by atoms with Crippen molar-refractivity contribution in [3.63, 3.8) is 0 Å². The van der Waals surface area contributed by atoms with E-state index in [0.29, 0.717) is 22.8 Å². The van der Waals surface area contributed by atoms with Gasteiger partial charge in [0.05, 0.1) is 17.6 Å². The average Bonchev–Trinajstić information content (AvgIpc) is 3.33. The molecule has 0 saturated carbocycles. The smallest absolute Gasteiger partial charge is 0.266 e. The molecular formula is C23H20N4O5S. The number of hydrogen-bond acceptors (Lipinski definition) is 7. The van der Waals surface area contributed by atoms with Gasteiger partial charge in [0.15, 0.2) is 0 Å². The van der Waals surface area contributed by atoms with E-state index in [1.54, 1.807) is 43.5 Å². The molecule has 1 heterocycles. The lowest BCUT2D eigenvalue weighted by atomic mass is 10.1. The number of carbonyl (C=O) groups excluding carboxylic acids is 1. The van der Waals surface area contributed by atoms with E-state index in [9.17, 15) is 13.2 Å². The number of carbonyl (C=O) groups is 1. The van der Waals surface area contributed by atoms with Gasteiger partial charge in [-0.15, -0.1) is 15.0 Å². The minimum absolute atomic E-state index is 0.0472. The van der Waals surface area contributed by atoms with Crippen LogP contribution in [0.1, 0.15) is 15.9 Å².